The van der Waals surface area contributed by atoms with Crippen LogP contribution in [0.4, 0.5) is 17.6 Å². The molecule has 0 bridgehead atoms. The van der Waals surface area contributed by atoms with Crippen LogP contribution in [0.25, 0.3) is 16.8 Å². The zero-order chi connectivity index (χ0) is 25.2. The summed E-state index contributed by atoms with van der Waals surface area (Å²) in [5.41, 5.74) is 1.96. The molecule has 0 atom stereocenters. The molecule has 2 heterocycles. The number of nitrogens with zero attached hydrogens (tertiary/aromatic N) is 4. The number of benzene rings is 2. The predicted octanol–water partition coefficient (Wildman–Crippen LogP) is 5.52. The molecule has 11 heteroatoms. The maximum atomic E-state index is 14.7. The average molecular weight is 499 g/mol. The molecule has 2 aromatic carbocycles. The Bertz CT molecular complexity index is 1430. The summed E-state index contributed by atoms with van der Waals surface area (Å²) in [5.74, 6) is -0.900. The minimum atomic E-state index is -4.68. The largest absolute Gasteiger partial charge is 0.417 e. The SMILES string of the molecule is CCc1ncsc1C(=O)NCc1ccc(-n2cc(-c3ccc(C#N)c(C(F)(F)F)c3)cn2)cc1F. The normalized spacial score (nSPS) is 11.3. The molecule has 4 aromatic rings. The second kappa shape index (κ2) is 9.68. The zero-order valence-electron chi connectivity index (χ0n) is 18.2. The second-order valence-corrected chi connectivity index (χ2v) is 8.34. The Morgan fingerprint density at radius 1 is 1.20 bits per heavy atom. The highest BCUT2D eigenvalue weighted by molar-refractivity contribution is 7.11. The van der Waals surface area contributed by atoms with Gasteiger partial charge in [-0.3, -0.25) is 4.79 Å². The molecule has 0 aliphatic rings. The topological polar surface area (TPSA) is 83.6 Å². The smallest absolute Gasteiger partial charge is 0.347 e. The van der Waals surface area contributed by atoms with E-state index in [2.05, 4.69) is 15.4 Å². The summed E-state index contributed by atoms with van der Waals surface area (Å²) >= 11 is 1.22. The van der Waals surface area contributed by atoms with Crippen LogP contribution in [-0.4, -0.2) is 20.7 Å². The van der Waals surface area contributed by atoms with Crippen molar-refractivity contribution in [1.29, 1.82) is 5.26 Å². The second-order valence-electron chi connectivity index (χ2n) is 7.48. The Balaban J connectivity index is 1.52. The van der Waals surface area contributed by atoms with Crippen molar-refractivity contribution in [3.05, 3.63) is 87.4 Å². The molecule has 0 fully saturated rings. The van der Waals surface area contributed by atoms with Crippen LogP contribution >= 0.6 is 11.3 Å². The number of hydrogen-bond donors (Lipinski definition) is 1. The van der Waals surface area contributed by atoms with E-state index < -0.39 is 23.1 Å². The number of nitrogens with one attached hydrogen (secondary N) is 1. The number of rotatable bonds is 6. The van der Waals surface area contributed by atoms with Gasteiger partial charge in [-0.2, -0.15) is 23.5 Å². The van der Waals surface area contributed by atoms with Crippen LogP contribution in [0.1, 0.15) is 39.0 Å². The first-order valence-electron chi connectivity index (χ1n) is 10.4. The molecule has 0 radical (unpaired) electrons. The summed E-state index contributed by atoms with van der Waals surface area (Å²) in [7, 11) is 0. The molecule has 178 valence electrons. The van der Waals surface area contributed by atoms with Crippen molar-refractivity contribution in [2.24, 2.45) is 0 Å². The first-order valence-corrected chi connectivity index (χ1v) is 11.2. The molecule has 0 spiro atoms. The van der Waals surface area contributed by atoms with Crippen LogP contribution in [0.2, 0.25) is 0 Å². The van der Waals surface area contributed by atoms with Crippen LogP contribution in [0.5, 0.6) is 0 Å². The number of hydrogen-bond acceptors (Lipinski definition) is 5. The van der Waals surface area contributed by atoms with Gasteiger partial charge in [0.15, 0.2) is 0 Å². The molecule has 0 saturated heterocycles. The van der Waals surface area contributed by atoms with E-state index in [0.717, 1.165) is 12.1 Å². The van der Waals surface area contributed by atoms with Crippen molar-refractivity contribution in [2.75, 3.05) is 0 Å². The lowest BCUT2D eigenvalue weighted by atomic mass is 10.0. The lowest BCUT2D eigenvalue weighted by molar-refractivity contribution is -0.137. The van der Waals surface area contributed by atoms with Gasteiger partial charge in [0.25, 0.3) is 5.91 Å². The Kier molecular flexibility index (Phi) is 6.66. The molecule has 0 aliphatic carbocycles. The van der Waals surface area contributed by atoms with E-state index >= 15 is 0 Å². The molecule has 0 aliphatic heterocycles. The third-order valence-corrected chi connectivity index (χ3v) is 6.15. The lowest BCUT2D eigenvalue weighted by Gasteiger charge is -2.10. The van der Waals surface area contributed by atoms with E-state index in [1.807, 2.05) is 6.92 Å². The van der Waals surface area contributed by atoms with Crippen molar-refractivity contribution < 1.29 is 22.4 Å². The van der Waals surface area contributed by atoms with Gasteiger partial charge in [0, 0.05) is 23.9 Å². The zero-order valence-corrected chi connectivity index (χ0v) is 19.0. The molecular formula is C24H17F4N5OS. The third-order valence-electron chi connectivity index (χ3n) is 5.28. The van der Waals surface area contributed by atoms with Gasteiger partial charge in [0.1, 0.15) is 10.7 Å². The number of nitriles is 1. The van der Waals surface area contributed by atoms with Crippen molar-refractivity contribution in [1.82, 2.24) is 20.1 Å². The number of carbonyl (C=O) groups is 1. The summed E-state index contributed by atoms with van der Waals surface area (Å²) in [6, 6.07) is 9.25. The third kappa shape index (κ3) is 5.07. The van der Waals surface area contributed by atoms with Gasteiger partial charge in [-0.05, 0) is 36.2 Å². The number of aromatic nitrogens is 3. The maximum absolute atomic E-state index is 14.7. The first-order chi connectivity index (χ1) is 16.7. The van der Waals surface area contributed by atoms with Gasteiger partial charge in [0.2, 0.25) is 0 Å². The monoisotopic (exact) mass is 499 g/mol. The Labute approximate surface area is 201 Å². The fourth-order valence-corrected chi connectivity index (χ4v) is 4.25. The van der Waals surface area contributed by atoms with Gasteiger partial charge >= 0.3 is 6.18 Å². The summed E-state index contributed by atoms with van der Waals surface area (Å²) in [5, 5.41) is 15.8. The van der Waals surface area contributed by atoms with Crippen LogP contribution in [-0.2, 0) is 19.1 Å². The number of halogens is 4. The van der Waals surface area contributed by atoms with Gasteiger partial charge in [-0.1, -0.05) is 19.1 Å². The van der Waals surface area contributed by atoms with Gasteiger partial charge < -0.3 is 5.32 Å². The minimum Gasteiger partial charge on any atom is -0.347 e. The van der Waals surface area contributed by atoms with E-state index in [1.54, 1.807) is 17.6 Å². The number of thiazole rings is 1. The molecular weight excluding hydrogens is 482 g/mol. The summed E-state index contributed by atoms with van der Waals surface area (Å²) in [6.45, 7) is 1.86. The fraction of sp³-hybridized carbons (Fsp3) is 0.167. The molecule has 6 nitrogen and oxygen atoms in total. The highest BCUT2D eigenvalue weighted by Gasteiger charge is 2.34. The van der Waals surface area contributed by atoms with Crippen molar-refractivity contribution in [3.63, 3.8) is 0 Å². The van der Waals surface area contributed by atoms with Crippen molar-refractivity contribution in [2.45, 2.75) is 26.1 Å². The number of amides is 1. The molecule has 0 unspecified atom stereocenters. The van der Waals surface area contributed by atoms with Crippen LogP contribution in [0.15, 0.2) is 54.3 Å². The highest BCUT2D eigenvalue weighted by atomic mass is 32.1. The van der Waals surface area contributed by atoms with E-state index in [9.17, 15) is 22.4 Å². The molecule has 1 amide bonds. The molecule has 2 aromatic heterocycles. The Morgan fingerprint density at radius 3 is 2.69 bits per heavy atom. The van der Waals surface area contributed by atoms with Crippen molar-refractivity contribution in [3.8, 4) is 22.9 Å². The quantitative estimate of drug-likeness (QED) is 0.354. The molecule has 35 heavy (non-hydrogen) atoms. The van der Waals surface area contributed by atoms with E-state index in [0.29, 0.717) is 28.2 Å². The summed E-state index contributed by atoms with van der Waals surface area (Å²) in [4.78, 5) is 17.0. The standard InChI is InChI=1S/C24H17F4N5OS/c1-2-21-22(35-13-31-21)23(34)30-10-16-5-6-18(8-20(16)25)33-12-17(11-32-33)14-3-4-15(9-29)19(7-14)24(26,27)28/h3-8,11-13H,2,10H2,1H3,(H,30,34). The maximum Gasteiger partial charge on any atom is 0.417 e. The first kappa shape index (κ1) is 24.1. The Hall–Kier alpha value is -4.04. The van der Waals surface area contributed by atoms with Gasteiger partial charge in [-0.15, -0.1) is 11.3 Å². The van der Waals surface area contributed by atoms with Crippen LogP contribution in [0, 0.1) is 17.1 Å². The summed E-state index contributed by atoms with van der Waals surface area (Å²) < 4.78 is 55.9. The molecule has 4 rings (SSSR count). The molecule has 0 saturated carbocycles. The Morgan fingerprint density at radius 2 is 2.00 bits per heavy atom. The highest BCUT2D eigenvalue weighted by Crippen LogP contribution is 2.35. The average Bonchev–Trinajstić information content (AvgIpc) is 3.52. The van der Waals surface area contributed by atoms with E-state index in [-0.39, 0.29) is 23.6 Å². The fourth-order valence-electron chi connectivity index (χ4n) is 3.45. The number of carbonyl (C=O) groups excluding carboxylic acids is 1. The number of aryl methyl sites for hydroxylation is 1. The number of alkyl halides is 3. The van der Waals surface area contributed by atoms with Gasteiger partial charge in [-0.25, -0.2) is 14.1 Å². The lowest BCUT2D eigenvalue weighted by Crippen LogP contribution is -2.23. The van der Waals surface area contributed by atoms with Crippen molar-refractivity contribution >= 4 is 17.2 Å². The summed E-state index contributed by atoms with van der Waals surface area (Å²) in [6.07, 6.45) is -1.24. The minimum absolute atomic E-state index is 0.0260. The van der Waals surface area contributed by atoms with Crippen LogP contribution in [0.3, 0.4) is 0 Å². The van der Waals surface area contributed by atoms with Crippen LogP contribution < -0.4 is 5.32 Å². The van der Waals surface area contributed by atoms with Gasteiger partial charge in [0.05, 0.1) is 40.3 Å². The van der Waals surface area contributed by atoms with E-state index in [4.69, 9.17) is 5.26 Å². The van der Waals surface area contributed by atoms with E-state index in [1.165, 1.54) is 46.6 Å². The molecule has 1 N–H and O–H groups in total. The predicted molar refractivity (Wildman–Crippen MR) is 121 cm³/mol.